The van der Waals surface area contributed by atoms with Gasteiger partial charge in [-0.1, -0.05) is 5.11 Å². The van der Waals surface area contributed by atoms with Crippen LogP contribution in [-0.2, 0) is 4.74 Å². The number of azide groups is 1. The number of aliphatic hydroxyl groups is 1. The van der Waals surface area contributed by atoms with E-state index in [0.29, 0.717) is 37.7 Å². The first-order valence-corrected chi connectivity index (χ1v) is 6.75. The van der Waals surface area contributed by atoms with Crippen LogP contribution in [0.15, 0.2) is 23.3 Å². The van der Waals surface area contributed by atoms with Gasteiger partial charge in [-0.2, -0.15) is 0 Å². The Morgan fingerprint density at radius 3 is 2.90 bits per heavy atom. The Hall–Kier alpha value is -2.02. The zero-order valence-electron chi connectivity index (χ0n) is 11.6. The standard InChI is InChI=1S/C13H18FN5O2/c14-12-7-10(16-8-11(20)9-17-18-15)1-2-13(12)19-3-5-21-6-4-19/h1-2,7,11,16,20H,3-6,8-9H2/t11-/m0/s1. The summed E-state index contributed by atoms with van der Waals surface area (Å²) in [6, 6.07) is 4.86. The van der Waals surface area contributed by atoms with Gasteiger partial charge in [0.2, 0.25) is 0 Å². The Kier molecular flexibility index (Phi) is 5.62. The van der Waals surface area contributed by atoms with E-state index < -0.39 is 6.10 Å². The molecule has 2 N–H and O–H groups in total. The predicted octanol–water partition coefficient (Wildman–Crippen LogP) is 1.75. The van der Waals surface area contributed by atoms with E-state index in [1.54, 1.807) is 12.1 Å². The third kappa shape index (κ3) is 4.49. The van der Waals surface area contributed by atoms with Gasteiger partial charge in [-0.25, -0.2) is 4.39 Å². The largest absolute Gasteiger partial charge is 0.391 e. The minimum atomic E-state index is -0.803. The molecule has 1 fully saturated rings. The highest BCUT2D eigenvalue weighted by Crippen LogP contribution is 2.23. The van der Waals surface area contributed by atoms with Crippen LogP contribution in [0.1, 0.15) is 0 Å². The molecule has 7 nitrogen and oxygen atoms in total. The Labute approximate surface area is 121 Å². The number of morpholine rings is 1. The highest BCUT2D eigenvalue weighted by molar-refractivity contribution is 5.56. The Bertz CT molecular complexity index is 515. The van der Waals surface area contributed by atoms with Crippen LogP contribution in [0.25, 0.3) is 10.4 Å². The van der Waals surface area contributed by atoms with Gasteiger partial charge in [0.25, 0.3) is 0 Å². The van der Waals surface area contributed by atoms with Crippen molar-refractivity contribution in [1.29, 1.82) is 0 Å². The molecule has 114 valence electrons. The SMILES string of the molecule is [N-]=[N+]=NC[C@@H](O)CNc1ccc(N2CCOCC2)c(F)c1. The topological polar surface area (TPSA) is 93.5 Å². The van der Waals surface area contributed by atoms with Crippen molar-refractivity contribution in [2.45, 2.75) is 6.10 Å². The summed E-state index contributed by atoms with van der Waals surface area (Å²) in [6.07, 6.45) is -0.803. The second kappa shape index (κ2) is 7.68. The molecule has 8 heteroatoms. The first-order chi connectivity index (χ1) is 10.2. The lowest BCUT2D eigenvalue weighted by atomic mass is 10.2. The molecule has 21 heavy (non-hydrogen) atoms. The molecule has 0 spiro atoms. The molecule has 1 atom stereocenters. The van der Waals surface area contributed by atoms with E-state index >= 15 is 0 Å². The van der Waals surface area contributed by atoms with Crippen LogP contribution < -0.4 is 10.2 Å². The van der Waals surface area contributed by atoms with E-state index in [1.165, 1.54) is 6.07 Å². The number of hydrogen-bond acceptors (Lipinski definition) is 5. The average Bonchev–Trinajstić information content (AvgIpc) is 2.52. The third-order valence-electron chi connectivity index (χ3n) is 3.20. The molecule has 0 unspecified atom stereocenters. The molecule has 0 aromatic heterocycles. The summed E-state index contributed by atoms with van der Waals surface area (Å²) < 4.78 is 19.4. The molecule has 1 aromatic carbocycles. The summed E-state index contributed by atoms with van der Waals surface area (Å²) in [4.78, 5) is 4.51. The molecule has 2 rings (SSSR count). The number of anilines is 2. The number of nitrogens with zero attached hydrogens (tertiary/aromatic N) is 4. The highest BCUT2D eigenvalue weighted by Gasteiger charge is 2.15. The molecular weight excluding hydrogens is 277 g/mol. The fourth-order valence-corrected chi connectivity index (χ4v) is 2.11. The van der Waals surface area contributed by atoms with E-state index in [-0.39, 0.29) is 18.9 Å². The van der Waals surface area contributed by atoms with E-state index in [4.69, 9.17) is 10.3 Å². The fraction of sp³-hybridized carbons (Fsp3) is 0.538. The fourth-order valence-electron chi connectivity index (χ4n) is 2.11. The molecule has 1 aromatic rings. The van der Waals surface area contributed by atoms with Crippen LogP contribution >= 0.6 is 0 Å². The van der Waals surface area contributed by atoms with Crippen molar-refractivity contribution in [3.05, 3.63) is 34.5 Å². The normalized spacial score (nSPS) is 16.2. The molecular formula is C13H18FN5O2. The monoisotopic (exact) mass is 295 g/mol. The maximum atomic E-state index is 14.1. The Morgan fingerprint density at radius 2 is 2.24 bits per heavy atom. The van der Waals surface area contributed by atoms with Gasteiger partial charge in [0.15, 0.2) is 0 Å². The smallest absolute Gasteiger partial charge is 0.148 e. The van der Waals surface area contributed by atoms with E-state index in [2.05, 4.69) is 15.3 Å². The Balaban J connectivity index is 1.93. The molecule has 1 aliphatic heterocycles. The molecule has 1 heterocycles. The van der Waals surface area contributed by atoms with Gasteiger partial charge >= 0.3 is 0 Å². The van der Waals surface area contributed by atoms with Crippen LogP contribution in [-0.4, -0.2) is 50.6 Å². The first-order valence-electron chi connectivity index (χ1n) is 6.75. The highest BCUT2D eigenvalue weighted by atomic mass is 19.1. The molecule has 0 radical (unpaired) electrons. The molecule has 1 aliphatic rings. The van der Waals surface area contributed by atoms with Crippen molar-refractivity contribution in [3.8, 4) is 0 Å². The van der Waals surface area contributed by atoms with Gasteiger partial charge in [0.05, 0.1) is 31.5 Å². The van der Waals surface area contributed by atoms with Crippen LogP contribution in [0.3, 0.4) is 0 Å². The van der Waals surface area contributed by atoms with Gasteiger partial charge < -0.3 is 20.1 Å². The van der Waals surface area contributed by atoms with Gasteiger partial charge in [-0.3, -0.25) is 0 Å². The summed E-state index contributed by atoms with van der Waals surface area (Å²) in [5.41, 5.74) is 9.28. The van der Waals surface area contributed by atoms with E-state index in [0.717, 1.165) is 0 Å². The summed E-state index contributed by atoms with van der Waals surface area (Å²) in [6.45, 7) is 2.73. The minimum Gasteiger partial charge on any atom is -0.391 e. The molecule has 1 saturated heterocycles. The van der Waals surface area contributed by atoms with Crippen LogP contribution in [0.4, 0.5) is 15.8 Å². The number of hydrogen-bond donors (Lipinski definition) is 2. The van der Waals surface area contributed by atoms with Gasteiger partial charge in [-0.15, -0.1) is 0 Å². The maximum Gasteiger partial charge on any atom is 0.148 e. The Morgan fingerprint density at radius 1 is 1.48 bits per heavy atom. The second-order valence-corrected chi connectivity index (χ2v) is 4.71. The molecule has 0 saturated carbocycles. The summed E-state index contributed by atoms with van der Waals surface area (Å²) >= 11 is 0. The van der Waals surface area contributed by atoms with E-state index in [1.807, 2.05) is 4.90 Å². The number of nitrogens with one attached hydrogen (secondary N) is 1. The van der Waals surface area contributed by atoms with Crippen molar-refractivity contribution in [3.63, 3.8) is 0 Å². The molecule has 0 aliphatic carbocycles. The van der Waals surface area contributed by atoms with Crippen molar-refractivity contribution in [1.82, 2.24) is 0 Å². The lowest BCUT2D eigenvalue weighted by molar-refractivity contribution is 0.122. The van der Waals surface area contributed by atoms with Gasteiger partial charge in [0, 0.05) is 30.2 Å². The van der Waals surface area contributed by atoms with Crippen molar-refractivity contribution >= 4 is 11.4 Å². The van der Waals surface area contributed by atoms with Crippen molar-refractivity contribution < 1.29 is 14.2 Å². The minimum absolute atomic E-state index is 0.0160. The molecule has 0 amide bonds. The first kappa shape index (κ1) is 15.4. The average molecular weight is 295 g/mol. The van der Waals surface area contributed by atoms with Gasteiger partial charge in [-0.05, 0) is 23.7 Å². The number of benzene rings is 1. The van der Waals surface area contributed by atoms with E-state index in [9.17, 15) is 9.50 Å². The van der Waals surface area contributed by atoms with Crippen molar-refractivity contribution in [2.24, 2.45) is 5.11 Å². The molecule has 0 bridgehead atoms. The summed E-state index contributed by atoms with van der Waals surface area (Å²) in [5, 5.41) is 15.7. The zero-order valence-corrected chi connectivity index (χ0v) is 11.6. The number of halogens is 1. The number of rotatable bonds is 6. The summed E-state index contributed by atoms with van der Waals surface area (Å²) in [5.74, 6) is -0.313. The summed E-state index contributed by atoms with van der Waals surface area (Å²) in [7, 11) is 0. The van der Waals surface area contributed by atoms with Crippen LogP contribution in [0, 0.1) is 5.82 Å². The predicted molar refractivity (Wildman–Crippen MR) is 77.9 cm³/mol. The number of ether oxygens (including phenoxy) is 1. The lowest BCUT2D eigenvalue weighted by Gasteiger charge is -2.29. The number of aliphatic hydroxyl groups excluding tert-OH is 1. The van der Waals surface area contributed by atoms with Crippen LogP contribution in [0.2, 0.25) is 0 Å². The van der Waals surface area contributed by atoms with Crippen molar-refractivity contribution in [2.75, 3.05) is 49.6 Å². The lowest BCUT2D eigenvalue weighted by Crippen LogP contribution is -2.36. The third-order valence-corrected chi connectivity index (χ3v) is 3.20. The van der Waals surface area contributed by atoms with Crippen LogP contribution in [0.5, 0.6) is 0 Å². The second-order valence-electron chi connectivity index (χ2n) is 4.71. The van der Waals surface area contributed by atoms with Gasteiger partial charge in [0.1, 0.15) is 5.82 Å². The maximum absolute atomic E-state index is 14.1. The zero-order chi connectivity index (χ0) is 15.1. The quantitative estimate of drug-likeness (QED) is 0.475.